The zero-order valence-electron chi connectivity index (χ0n) is 14.8. The Morgan fingerprint density at radius 3 is 2.28 bits per heavy atom. The molecule has 0 spiro atoms. The first kappa shape index (κ1) is 18.4. The van der Waals surface area contributed by atoms with Crippen LogP contribution < -0.4 is 25.3 Å². The summed E-state index contributed by atoms with van der Waals surface area (Å²) >= 11 is 0. The second-order valence-electron chi connectivity index (χ2n) is 5.40. The molecular formula is C19H24N2O4. The first-order chi connectivity index (χ1) is 12.0. The summed E-state index contributed by atoms with van der Waals surface area (Å²) in [4.78, 5) is 12.2. The second-order valence-corrected chi connectivity index (χ2v) is 5.40. The summed E-state index contributed by atoms with van der Waals surface area (Å²) < 4.78 is 16.5. The predicted octanol–water partition coefficient (Wildman–Crippen LogP) is 3.39. The number of carbonyl (C=O) groups is 1. The minimum atomic E-state index is -0.297. The molecule has 2 rings (SSSR count). The molecule has 0 unspecified atom stereocenters. The third-order valence-corrected chi connectivity index (χ3v) is 3.38. The van der Waals surface area contributed by atoms with Gasteiger partial charge in [-0.1, -0.05) is 17.7 Å². The van der Waals surface area contributed by atoms with E-state index in [9.17, 15) is 4.79 Å². The molecule has 0 atom stereocenters. The highest BCUT2D eigenvalue weighted by Gasteiger charge is 2.13. The maximum absolute atomic E-state index is 12.2. The number of nitrogens with one attached hydrogen (secondary N) is 1. The molecule has 0 aromatic heterocycles. The number of nitrogen functional groups attached to an aromatic ring is 1. The van der Waals surface area contributed by atoms with Crippen LogP contribution >= 0.6 is 0 Å². The number of carbonyl (C=O) groups excluding carboxylic acids is 1. The van der Waals surface area contributed by atoms with Crippen LogP contribution in [0, 0.1) is 6.92 Å². The van der Waals surface area contributed by atoms with E-state index in [1.165, 1.54) is 0 Å². The Morgan fingerprint density at radius 1 is 1.00 bits per heavy atom. The molecule has 0 heterocycles. The molecule has 3 N–H and O–H groups in total. The van der Waals surface area contributed by atoms with Crippen LogP contribution in [0.3, 0.4) is 0 Å². The van der Waals surface area contributed by atoms with Gasteiger partial charge in [-0.15, -0.1) is 0 Å². The molecule has 2 aromatic carbocycles. The lowest BCUT2D eigenvalue weighted by Crippen LogP contribution is -2.20. The van der Waals surface area contributed by atoms with Crippen molar-refractivity contribution in [3.8, 4) is 17.2 Å². The Bertz CT molecular complexity index is 714. The molecule has 0 saturated heterocycles. The van der Waals surface area contributed by atoms with E-state index in [4.69, 9.17) is 19.9 Å². The van der Waals surface area contributed by atoms with Crippen LogP contribution in [0.4, 0.5) is 11.4 Å². The molecule has 6 heteroatoms. The quantitative estimate of drug-likeness (QED) is 0.717. The van der Waals surface area contributed by atoms with E-state index in [-0.39, 0.29) is 12.5 Å². The third-order valence-electron chi connectivity index (χ3n) is 3.38. The van der Waals surface area contributed by atoms with Gasteiger partial charge in [0.2, 0.25) is 0 Å². The van der Waals surface area contributed by atoms with Gasteiger partial charge in [0.05, 0.1) is 24.6 Å². The number of ether oxygens (including phenoxy) is 3. The number of rotatable bonds is 8. The zero-order chi connectivity index (χ0) is 18.2. The van der Waals surface area contributed by atoms with Crippen molar-refractivity contribution in [1.29, 1.82) is 0 Å². The van der Waals surface area contributed by atoms with Crippen LogP contribution in [0.25, 0.3) is 0 Å². The summed E-state index contributed by atoms with van der Waals surface area (Å²) in [6.07, 6.45) is 0. The van der Waals surface area contributed by atoms with Gasteiger partial charge in [-0.05, 0) is 32.9 Å². The smallest absolute Gasteiger partial charge is 0.262 e. The summed E-state index contributed by atoms with van der Waals surface area (Å²) in [5.41, 5.74) is 8.02. The van der Waals surface area contributed by atoms with Gasteiger partial charge in [0.15, 0.2) is 6.61 Å². The highest BCUT2D eigenvalue weighted by atomic mass is 16.5. The van der Waals surface area contributed by atoms with Crippen LogP contribution in [0.1, 0.15) is 19.4 Å². The molecule has 6 nitrogen and oxygen atoms in total. The van der Waals surface area contributed by atoms with Crippen molar-refractivity contribution in [3.05, 3.63) is 42.0 Å². The van der Waals surface area contributed by atoms with Crippen LogP contribution in [0.15, 0.2) is 36.4 Å². The van der Waals surface area contributed by atoms with Gasteiger partial charge >= 0.3 is 0 Å². The molecule has 0 bridgehead atoms. The van der Waals surface area contributed by atoms with Gasteiger partial charge < -0.3 is 25.3 Å². The maximum Gasteiger partial charge on any atom is 0.262 e. The summed E-state index contributed by atoms with van der Waals surface area (Å²) in [5, 5.41) is 2.78. The molecule has 0 aliphatic heterocycles. The van der Waals surface area contributed by atoms with Crippen LogP contribution in [0.2, 0.25) is 0 Å². The first-order valence-corrected chi connectivity index (χ1v) is 8.22. The highest BCUT2D eigenvalue weighted by Crippen LogP contribution is 2.35. The van der Waals surface area contributed by atoms with Gasteiger partial charge in [-0.2, -0.15) is 0 Å². The van der Waals surface area contributed by atoms with E-state index in [1.54, 1.807) is 12.1 Å². The average Bonchev–Trinajstić information content (AvgIpc) is 2.59. The van der Waals surface area contributed by atoms with Gasteiger partial charge in [-0.25, -0.2) is 0 Å². The number of hydrogen-bond donors (Lipinski definition) is 2. The van der Waals surface area contributed by atoms with Gasteiger partial charge in [-0.3, -0.25) is 4.79 Å². The van der Waals surface area contributed by atoms with E-state index in [0.29, 0.717) is 41.8 Å². The monoisotopic (exact) mass is 344 g/mol. The largest absolute Gasteiger partial charge is 0.492 e. The minimum Gasteiger partial charge on any atom is -0.492 e. The van der Waals surface area contributed by atoms with E-state index in [1.807, 2.05) is 45.0 Å². The SMILES string of the molecule is CCOc1cc(NC(=O)COc2ccc(C)cc2)c(OCC)cc1N. The van der Waals surface area contributed by atoms with E-state index in [2.05, 4.69) is 5.32 Å². The Labute approximate surface area is 147 Å². The molecule has 0 fully saturated rings. The van der Waals surface area contributed by atoms with Crippen molar-refractivity contribution < 1.29 is 19.0 Å². The van der Waals surface area contributed by atoms with Crippen molar-refractivity contribution in [2.45, 2.75) is 20.8 Å². The van der Waals surface area contributed by atoms with Crippen molar-refractivity contribution in [2.75, 3.05) is 30.9 Å². The topological polar surface area (TPSA) is 82.8 Å². The average molecular weight is 344 g/mol. The minimum absolute atomic E-state index is 0.108. The summed E-state index contributed by atoms with van der Waals surface area (Å²) in [6, 6.07) is 10.8. The van der Waals surface area contributed by atoms with Gasteiger partial charge in [0, 0.05) is 12.1 Å². The predicted molar refractivity (Wildman–Crippen MR) is 98.5 cm³/mol. The van der Waals surface area contributed by atoms with Crippen LogP contribution in [0.5, 0.6) is 17.2 Å². The number of amides is 1. The maximum atomic E-state index is 12.2. The Morgan fingerprint density at radius 2 is 1.64 bits per heavy atom. The first-order valence-electron chi connectivity index (χ1n) is 8.22. The lowest BCUT2D eigenvalue weighted by molar-refractivity contribution is -0.118. The number of anilines is 2. The van der Waals surface area contributed by atoms with E-state index < -0.39 is 0 Å². The van der Waals surface area contributed by atoms with Gasteiger partial charge in [0.25, 0.3) is 5.91 Å². The molecule has 0 aliphatic rings. The van der Waals surface area contributed by atoms with E-state index in [0.717, 1.165) is 5.56 Å². The lowest BCUT2D eigenvalue weighted by atomic mass is 10.2. The van der Waals surface area contributed by atoms with Crippen molar-refractivity contribution in [1.82, 2.24) is 0 Å². The molecule has 0 saturated carbocycles. The molecule has 134 valence electrons. The summed E-state index contributed by atoms with van der Waals surface area (Å²) in [6.45, 7) is 6.53. The number of benzene rings is 2. The number of nitrogens with two attached hydrogens (primary N) is 1. The fourth-order valence-electron chi connectivity index (χ4n) is 2.20. The number of aryl methyl sites for hydroxylation is 1. The fourth-order valence-corrected chi connectivity index (χ4v) is 2.20. The molecule has 25 heavy (non-hydrogen) atoms. The lowest BCUT2D eigenvalue weighted by Gasteiger charge is -2.15. The third kappa shape index (κ3) is 5.31. The Kier molecular flexibility index (Phi) is 6.51. The number of hydrogen-bond acceptors (Lipinski definition) is 5. The zero-order valence-corrected chi connectivity index (χ0v) is 14.8. The molecule has 1 amide bonds. The summed E-state index contributed by atoms with van der Waals surface area (Å²) in [5.74, 6) is 1.33. The van der Waals surface area contributed by atoms with Crippen LogP contribution in [-0.4, -0.2) is 25.7 Å². The fraction of sp³-hybridized carbons (Fsp3) is 0.316. The standard InChI is InChI=1S/C19H24N2O4/c1-4-23-17-11-16(18(24-5-2)10-15(17)20)21-19(22)12-25-14-8-6-13(3)7-9-14/h6-11H,4-5,12,20H2,1-3H3,(H,21,22). The second kappa shape index (κ2) is 8.82. The molecule has 2 aromatic rings. The van der Waals surface area contributed by atoms with Crippen molar-refractivity contribution >= 4 is 17.3 Å². The normalized spacial score (nSPS) is 10.2. The van der Waals surface area contributed by atoms with Crippen molar-refractivity contribution in [2.24, 2.45) is 0 Å². The molecule has 0 radical (unpaired) electrons. The van der Waals surface area contributed by atoms with E-state index >= 15 is 0 Å². The van der Waals surface area contributed by atoms with Crippen LogP contribution in [-0.2, 0) is 4.79 Å². The van der Waals surface area contributed by atoms with Gasteiger partial charge in [0.1, 0.15) is 17.2 Å². The van der Waals surface area contributed by atoms with Crippen molar-refractivity contribution in [3.63, 3.8) is 0 Å². The molecule has 0 aliphatic carbocycles. The molecular weight excluding hydrogens is 320 g/mol. The highest BCUT2D eigenvalue weighted by molar-refractivity contribution is 5.94. The summed E-state index contributed by atoms with van der Waals surface area (Å²) in [7, 11) is 0. The Hall–Kier alpha value is -2.89. The Balaban J connectivity index is 2.07.